The van der Waals surface area contributed by atoms with Gasteiger partial charge < -0.3 is 40.6 Å². The molecule has 0 bridgehead atoms. The Morgan fingerprint density at radius 3 is 1.19 bits per heavy atom. The van der Waals surface area contributed by atoms with Crippen molar-refractivity contribution in [1.29, 1.82) is 0 Å². The summed E-state index contributed by atoms with van der Waals surface area (Å²) >= 11 is 0. The Morgan fingerprint density at radius 1 is 0.476 bits per heavy atom. The van der Waals surface area contributed by atoms with Crippen LogP contribution in [0.25, 0.3) is 33.4 Å². The standard InChI is InChI=1S/2C22H22N6O3.Co/c2*1-3-26(4-2)15-9-11-18(22(30)14-15)23-24-19-13-16(10-12-21(19)29)27-25-17-7-5-6-8-20(17)28(27)31;/h2*5-14,29-30H,3-4H2,1-2H3;. The molecule has 0 aliphatic rings. The Labute approximate surface area is 371 Å². The predicted molar refractivity (Wildman–Crippen MR) is 235 cm³/mol. The number of phenols is 4. The molecule has 1 radical (unpaired) electrons. The molecule has 6 aromatic carbocycles. The fraction of sp³-hybridized carbons (Fsp3) is 0.182. The number of hydrogen-bond acceptors (Lipinski definition) is 14. The third-order valence-corrected chi connectivity index (χ3v) is 10.0. The second kappa shape index (κ2) is 19.7. The van der Waals surface area contributed by atoms with Gasteiger partial charge >= 0.3 is 0 Å². The summed E-state index contributed by atoms with van der Waals surface area (Å²) in [6, 6.07) is 33.2. The van der Waals surface area contributed by atoms with Gasteiger partial charge in [-0.1, -0.05) is 24.3 Å². The van der Waals surface area contributed by atoms with Crippen molar-refractivity contribution in [2.75, 3.05) is 36.0 Å². The molecular weight excluding hydrogens is 851 g/mol. The second-order valence-corrected chi connectivity index (χ2v) is 13.7. The summed E-state index contributed by atoms with van der Waals surface area (Å²) in [6.45, 7) is 11.4. The van der Waals surface area contributed by atoms with Crippen LogP contribution in [0.3, 0.4) is 0 Å². The molecular formula is C44H44CoN12O6. The SMILES string of the molecule is CCN(CC)c1ccc(N=Nc2cc(-n3nc4ccccc4[n+]3[O-])ccc2O)c(O)c1.CCN(CC)c1ccc(N=Nc2cc(-n3nc4ccccc4[n+]3[O-])ccc2O)c(O)c1.[Co]. The largest absolute Gasteiger partial charge is 0.692 e. The maximum Gasteiger partial charge on any atom is 0.250 e. The van der Waals surface area contributed by atoms with Crippen molar-refractivity contribution in [2.45, 2.75) is 27.7 Å². The average molecular weight is 896 g/mol. The van der Waals surface area contributed by atoms with Crippen LogP contribution in [-0.4, -0.2) is 66.4 Å². The first-order valence-corrected chi connectivity index (χ1v) is 19.8. The number of aromatic nitrogens is 6. The fourth-order valence-corrected chi connectivity index (χ4v) is 6.65. The molecule has 63 heavy (non-hydrogen) atoms. The summed E-state index contributed by atoms with van der Waals surface area (Å²) in [6.07, 6.45) is 0. The molecule has 325 valence electrons. The van der Waals surface area contributed by atoms with E-state index < -0.39 is 0 Å². The van der Waals surface area contributed by atoms with Crippen LogP contribution < -0.4 is 19.5 Å². The van der Waals surface area contributed by atoms with E-state index in [1.807, 2.05) is 39.8 Å². The van der Waals surface area contributed by atoms with Gasteiger partial charge in [-0.2, -0.15) is 0 Å². The number of azo groups is 2. The van der Waals surface area contributed by atoms with E-state index >= 15 is 0 Å². The van der Waals surface area contributed by atoms with Crippen LogP contribution in [0, 0.1) is 10.4 Å². The van der Waals surface area contributed by atoms with Crippen molar-refractivity contribution in [1.82, 2.24) is 19.8 Å². The van der Waals surface area contributed by atoms with Crippen molar-refractivity contribution < 1.29 is 46.9 Å². The van der Waals surface area contributed by atoms with E-state index in [1.165, 1.54) is 33.9 Å². The Kier molecular flexibility index (Phi) is 14.0. The van der Waals surface area contributed by atoms with Crippen LogP contribution in [0.5, 0.6) is 23.0 Å². The molecule has 0 saturated carbocycles. The van der Waals surface area contributed by atoms with Crippen LogP contribution in [0.4, 0.5) is 34.1 Å². The number of nitrogens with zero attached hydrogens (tertiary/aromatic N) is 12. The van der Waals surface area contributed by atoms with E-state index in [0.717, 1.165) is 37.6 Å². The van der Waals surface area contributed by atoms with Gasteiger partial charge in [-0.05, 0) is 110 Å². The van der Waals surface area contributed by atoms with Gasteiger partial charge in [0.2, 0.25) is 22.1 Å². The number of fused-ring (bicyclic) bond motifs is 2. The van der Waals surface area contributed by atoms with Crippen molar-refractivity contribution in [3.05, 3.63) is 132 Å². The summed E-state index contributed by atoms with van der Waals surface area (Å²) in [7, 11) is 0. The molecule has 18 nitrogen and oxygen atoms in total. The van der Waals surface area contributed by atoms with Crippen LogP contribution in [0.2, 0.25) is 0 Å². The zero-order chi connectivity index (χ0) is 43.9. The third-order valence-electron chi connectivity index (χ3n) is 10.0. The minimum absolute atomic E-state index is 0. The van der Waals surface area contributed by atoms with Gasteiger partial charge in [0.25, 0.3) is 0 Å². The normalized spacial score (nSPS) is 11.2. The van der Waals surface area contributed by atoms with Crippen molar-refractivity contribution in [3.8, 4) is 34.4 Å². The summed E-state index contributed by atoms with van der Waals surface area (Å²) < 4.78 is 0. The molecule has 0 spiro atoms. The van der Waals surface area contributed by atoms with Gasteiger partial charge in [0.1, 0.15) is 57.1 Å². The van der Waals surface area contributed by atoms with E-state index in [1.54, 1.807) is 84.9 Å². The van der Waals surface area contributed by atoms with Crippen LogP contribution >= 0.6 is 0 Å². The molecule has 0 unspecified atom stereocenters. The van der Waals surface area contributed by atoms with Crippen LogP contribution in [0.1, 0.15) is 27.7 Å². The monoisotopic (exact) mass is 895 g/mol. The van der Waals surface area contributed by atoms with Gasteiger partial charge in [-0.15, -0.1) is 30.1 Å². The molecule has 0 aliphatic heterocycles. The summed E-state index contributed by atoms with van der Waals surface area (Å²) in [5.74, 6) is -0.249. The van der Waals surface area contributed by atoms with E-state index in [4.69, 9.17) is 0 Å². The number of aromatic hydroxyl groups is 4. The molecule has 0 atom stereocenters. The fourth-order valence-electron chi connectivity index (χ4n) is 6.65. The smallest absolute Gasteiger partial charge is 0.250 e. The molecule has 19 heteroatoms. The van der Waals surface area contributed by atoms with Crippen LogP contribution in [-0.2, 0) is 16.8 Å². The van der Waals surface area contributed by atoms with E-state index in [9.17, 15) is 30.8 Å². The summed E-state index contributed by atoms with van der Waals surface area (Å²) in [5, 5.41) is 91.0. The zero-order valence-corrected chi connectivity index (χ0v) is 35.7. The number of benzene rings is 6. The zero-order valence-electron chi connectivity index (χ0n) is 34.7. The molecule has 2 aromatic heterocycles. The minimum atomic E-state index is -0.110. The molecule has 0 saturated heterocycles. The number of phenolic OH excluding ortho intramolecular Hbond substituents is 4. The molecule has 0 aliphatic carbocycles. The maximum absolute atomic E-state index is 12.5. The molecule has 0 fully saturated rings. The molecule has 4 N–H and O–H groups in total. The van der Waals surface area contributed by atoms with E-state index in [2.05, 4.69) is 40.5 Å². The first-order chi connectivity index (χ1) is 30.0. The van der Waals surface area contributed by atoms with Gasteiger partial charge in [-0.3, -0.25) is 0 Å². The first-order valence-electron chi connectivity index (χ1n) is 19.8. The first kappa shape index (κ1) is 44.8. The van der Waals surface area contributed by atoms with Crippen molar-refractivity contribution in [3.63, 3.8) is 0 Å². The van der Waals surface area contributed by atoms with Gasteiger partial charge in [0, 0.05) is 78.6 Å². The number of anilines is 2. The minimum Gasteiger partial charge on any atom is -0.692 e. The topological polar surface area (TPSA) is 226 Å². The summed E-state index contributed by atoms with van der Waals surface area (Å²) in [4.78, 5) is 7.89. The Bertz CT molecular complexity index is 2730. The number of hydrogen-bond donors (Lipinski definition) is 4. The molecule has 0 amide bonds. The van der Waals surface area contributed by atoms with Crippen LogP contribution in [0.15, 0.2) is 142 Å². The summed E-state index contributed by atoms with van der Waals surface area (Å²) in [5.41, 5.74) is 5.38. The van der Waals surface area contributed by atoms with Crippen molar-refractivity contribution >= 4 is 56.2 Å². The second-order valence-electron chi connectivity index (χ2n) is 13.7. The Balaban J connectivity index is 0.000000206. The Hall–Kier alpha value is -7.77. The quantitative estimate of drug-likeness (QED) is 0.0518. The average Bonchev–Trinajstić information content (AvgIpc) is 3.81. The Morgan fingerprint density at radius 2 is 0.841 bits per heavy atom. The van der Waals surface area contributed by atoms with Gasteiger partial charge in [0.05, 0.1) is 10.2 Å². The third kappa shape index (κ3) is 9.58. The number of para-hydroxylation sites is 2. The maximum atomic E-state index is 12.5. The predicted octanol–water partition coefficient (Wildman–Crippen LogP) is 8.66. The van der Waals surface area contributed by atoms with Gasteiger partial charge in [0.15, 0.2) is 0 Å². The molecule has 8 aromatic rings. The molecule has 8 rings (SSSR count). The van der Waals surface area contributed by atoms with Crippen molar-refractivity contribution in [2.24, 2.45) is 20.5 Å². The molecule has 2 heterocycles. The van der Waals surface area contributed by atoms with E-state index in [0.29, 0.717) is 43.1 Å². The van der Waals surface area contributed by atoms with E-state index in [-0.39, 0.29) is 62.5 Å². The van der Waals surface area contributed by atoms with Gasteiger partial charge in [-0.25, -0.2) is 0 Å². The number of rotatable bonds is 12.